The molecule has 0 spiro atoms. The number of carboxylic acid groups (broad SMARTS) is 1. The molecule has 106 valence electrons. The van der Waals surface area contributed by atoms with Gasteiger partial charge in [-0.05, 0) is 30.0 Å². The molecule has 1 aromatic rings. The molecule has 0 amide bonds. The Balaban J connectivity index is 3.35. The highest BCUT2D eigenvalue weighted by molar-refractivity contribution is 7.85. The number of rotatable bonds is 7. The highest BCUT2D eigenvalue weighted by Gasteiger charge is 2.19. The molecular weight excluding hydrogens is 264 g/mol. The fourth-order valence-corrected chi connectivity index (χ4v) is 3.61. The molecule has 0 bridgehead atoms. The van der Waals surface area contributed by atoms with Crippen LogP contribution in [0.4, 0.5) is 0 Å². The number of aromatic carboxylic acids is 1. The fourth-order valence-electron chi connectivity index (χ4n) is 2.05. The van der Waals surface area contributed by atoms with Crippen molar-refractivity contribution in [2.24, 2.45) is 0 Å². The summed E-state index contributed by atoms with van der Waals surface area (Å²) in [6.07, 6.45) is 1.30. The van der Waals surface area contributed by atoms with Gasteiger partial charge < -0.3 is 9.84 Å². The molecule has 1 atom stereocenters. The number of hydrogen-bond donors (Lipinski definition) is 1. The Morgan fingerprint density at radius 1 is 1.32 bits per heavy atom. The molecule has 0 heterocycles. The smallest absolute Gasteiger partial charge is 0.336 e. The second-order valence-corrected chi connectivity index (χ2v) is 5.64. The number of benzene rings is 1. The number of aryl methyl sites for hydroxylation is 1. The van der Waals surface area contributed by atoms with Gasteiger partial charge in [0.1, 0.15) is 0 Å². The van der Waals surface area contributed by atoms with E-state index in [0.717, 1.165) is 12.0 Å². The lowest BCUT2D eigenvalue weighted by Gasteiger charge is -2.15. The van der Waals surface area contributed by atoms with Gasteiger partial charge in [0.2, 0.25) is 0 Å². The fraction of sp³-hybridized carbons (Fsp3) is 0.500. The zero-order chi connectivity index (χ0) is 14.4. The molecule has 19 heavy (non-hydrogen) atoms. The standard InChI is InChI=1S/C14H20O4S/c1-4-10-6-7-12(14(15)16)11(5-2)13(10)19(17)9-8-18-3/h6-7H,4-5,8-9H2,1-3H3,(H,15,16)/t19-/m0/s1. The van der Waals surface area contributed by atoms with Crippen molar-refractivity contribution in [3.05, 3.63) is 28.8 Å². The van der Waals surface area contributed by atoms with Crippen molar-refractivity contribution < 1.29 is 18.8 Å². The monoisotopic (exact) mass is 284 g/mol. The highest BCUT2D eigenvalue weighted by atomic mass is 32.2. The van der Waals surface area contributed by atoms with E-state index in [-0.39, 0.29) is 5.56 Å². The maximum Gasteiger partial charge on any atom is 0.336 e. The Morgan fingerprint density at radius 3 is 2.47 bits per heavy atom. The predicted octanol–water partition coefficient (Wildman–Crippen LogP) is 2.26. The van der Waals surface area contributed by atoms with E-state index in [2.05, 4.69) is 0 Å². The van der Waals surface area contributed by atoms with Crippen LogP contribution in [-0.4, -0.2) is 34.8 Å². The van der Waals surface area contributed by atoms with Crippen LogP contribution in [0.25, 0.3) is 0 Å². The summed E-state index contributed by atoms with van der Waals surface area (Å²) in [5, 5.41) is 9.22. The first-order valence-electron chi connectivity index (χ1n) is 6.32. The van der Waals surface area contributed by atoms with Gasteiger partial charge in [-0.25, -0.2) is 4.79 Å². The minimum absolute atomic E-state index is 0.250. The van der Waals surface area contributed by atoms with Gasteiger partial charge in [-0.15, -0.1) is 0 Å². The maximum atomic E-state index is 12.4. The van der Waals surface area contributed by atoms with Crippen LogP contribution in [0, 0.1) is 0 Å². The summed E-state index contributed by atoms with van der Waals surface area (Å²) in [4.78, 5) is 11.9. The van der Waals surface area contributed by atoms with Gasteiger partial charge >= 0.3 is 5.97 Å². The quantitative estimate of drug-likeness (QED) is 0.834. The van der Waals surface area contributed by atoms with Crippen LogP contribution in [0.1, 0.15) is 35.3 Å². The summed E-state index contributed by atoms with van der Waals surface area (Å²) in [6.45, 7) is 4.26. The summed E-state index contributed by atoms with van der Waals surface area (Å²) < 4.78 is 17.3. The van der Waals surface area contributed by atoms with Crippen LogP contribution in [0.2, 0.25) is 0 Å². The van der Waals surface area contributed by atoms with E-state index in [1.165, 1.54) is 0 Å². The second-order valence-electron chi connectivity index (χ2n) is 4.13. The Hall–Kier alpha value is -1.20. The lowest BCUT2D eigenvalue weighted by Crippen LogP contribution is -2.13. The Kier molecular flexibility index (Phi) is 6.18. The first kappa shape index (κ1) is 15.9. The van der Waals surface area contributed by atoms with Crippen molar-refractivity contribution in [3.8, 4) is 0 Å². The van der Waals surface area contributed by atoms with Gasteiger partial charge in [-0.2, -0.15) is 0 Å². The minimum atomic E-state index is -1.22. The highest BCUT2D eigenvalue weighted by Crippen LogP contribution is 2.25. The molecule has 0 aliphatic heterocycles. The van der Waals surface area contributed by atoms with Crippen LogP contribution in [0.5, 0.6) is 0 Å². The number of carbonyl (C=O) groups is 1. The largest absolute Gasteiger partial charge is 0.478 e. The van der Waals surface area contributed by atoms with Crippen molar-refractivity contribution in [3.63, 3.8) is 0 Å². The molecule has 0 aliphatic carbocycles. The van der Waals surface area contributed by atoms with E-state index in [1.807, 2.05) is 13.8 Å². The molecule has 0 fully saturated rings. The van der Waals surface area contributed by atoms with E-state index in [4.69, 9.17) is 4.74 Å². The normalized spacial score (nSPS) is 12.4. The zero-order valence-electron chi connectivity index (χ0n) is 11.6. The summed E-state index contributed by atoms with van der Waals surface area (Å²) in [5.41, 5.74) is 1.89. The van der Waals surface area contributed by atoms with Crippen LogP contribution in [-0.2, 0) is 28.4 Å². The van der Waals surface area contributed by atoms with Crippen molar-refractivity contribution in [1.29, 1.82) is 0 Å². The number of methoxy groups -OCH3 is 1. The minimum Gasteiger partial charge on any atom is -0.478 e. The number of hydrogen-bond acceptors (Lipinski definition) is 3. The van der Waals surface area contributed by atoms with Crippen LogP contribution in [0.15, 0.2) is 17.0 Å². The van der Waals surface area contributed by atoms with Crippen molar-refractivity contribution >= 4 is 16.8 Å². The molecule has 5 heteroatoms. The Labute approximate surface area is 116 Å². The Bertz CT molecular complexity index is 483. The van der Waals surface area contributed by atoms with Crippen LogP contribution in [0.3, 0.4) is 0 Å². The molecule has 0 saturated heterocycles. The van der Waals surface area contributed by atoms with E-state index in [9.17, 15) is 14.1 Å². The number of carboxylic acids is 1. The molecule has 0 radical (unpaired) electrons. The third kappa shape index (κ3) is 3.64. The first-order valence-corrected chi connectivity index (χ1v) is 7.64. The molecule has 1 rings (SSSR count). The SMILES string of the molecule is CCc1ccc(C(=O)O)c(CC)c1[S@@](=O)CCOC. The molecule has 0 unspecified atom stereocenters. The van der Waals surface area contributed by atoms with Gasteiger partial charge in [0.25, 0.3) is 0 Å². The van der Waals surface area contributed by atoms with Crippen LogP contribution < -0.4 is 0 Å². The maximum absolute atomic E-state index is 12.4. The van der Waals surface area contributed by atoms with Crippen molar-refractivity contribution in [2.45, 2.75) is 31.6 Å². The van der Waals surface area contributed by atoms with Crippen molar-refractivity contribution in [2.75, 3.05) is 19.5 Å². The Morgan fingerprint density at radius 2 is 2.00 bits per heavy atom. The predicted molar refractivity (Wildman–Crippen MR) is 75.3 cm³/mol. The molecule has 0 aromatic heterocycles. The molecule has 1 aromatic carbocycles. The summed E-state index contributed by atoms with van der Waals surface area (Å²) in [6, 6.07) is 3.37. The van der Waals surface area contributed by atoms with Gasteiger partial charge in [0.15, 0.2) is 0 Å². The van der Waals surface area contributed by atoms with Gasteiger partial charge in [0, 0.05) is 12.0 Å². The third-order valence-electron chi connectivity index (χ3n) is 3.01. The molecule has 0 aliphatic rings. The number of ether oxygens (including phenoxy) is 1. The second kappa shape index (κ2) is 7.40. The summed E-state index contributed by atoms with van der Waals surface area (Å²) >= 11 is 0. The van der Waals surface area contributed by atoms with Gasteiger partial charge in [-0.3, -0.25) is 4.21 Å². The molecule has 0 saturated carbocycles. The van der Waals surface area contributed by atoms with E-state index < -0.39 is 16.8 Å². The van der Waals surface area contributed by atoms with E-state index in [0.29, 0.717) is 29.2 Å². The summed E-state index contributed by atoms with van der Waals surface area (Å²) in [7, 11) is 0.341. The molecule has 4 nitrogen and oxygen atoms in total. The van der Waals surface area contributed by atoms with E-state index in [1.54, 1.807) is 19.2 Å². The molecular formula is C14H20O4S. The third-order valence-corrected chi connectivity index (χ3v) is 4.51. The average Bonchev–Trinajstić information content (AvgIpc) is 2.42. The zero-order valence-corrected chi connectivity index (χ0v) is 12.4. The first-order chi connectivity index (χ1) is 9.06. The topological polar surface area (TPSA) is 63.6 Å². The lowest BCUT2D eigenvalue weighted by atomic mass is 10.0. The van der Waals surface area contributed by atoms with Gasteiger partial charge in [0.05, 0.1) is 28.7 Å². The van der Waals surface area contributed by atoms with Crippen molar-refractivity contribution in [1.82, 2.24) is 0 Å². The van der Waals surface area contributed by atoms with E-state index >= 15 is 0 Å². The lowest BCUT2D eigenvalue weighted by molar-refractivity contribution is 0.0695. The average molecular weight is 284 g/mol. The van der Waals surface area contributed by atoms with Crippen LogP contribution >= 0.6 is 0 Å². The van der Waals surface area contributed by atoms with Gasteiger partial charge in [-0.1, -0.05) is 19.9 Å². The summed E-state index contributed by atoms with van der Waals surface area (Å²) in [5.74, 6) is -0.580. The molecule has 1 N–H and O–H groups in total.